The fourth-order valence-electron chi connectivity index (χ4n) is 0.931. The molecule has 1 rings (SSSR count). The highest BCUT2D eigenvalue weighted by atomic mass is 16.1. The highest BCUT2D eigenvalue weighted by Crippen LogP contribution is 2.07. The third-order valence-corrected chi connectivity index (χ3v) is 1.35. The van der Waals surface area contributed by atoms with E-state index in [0.29, 0.717) is 6.42 Å². The van der Waals surface area contributed by atoms with Crippen molar-refractivity contribution in [3.63, 3.8) is 0 Å². The molecule has 1 heterocycles. The van der Waals surface area contributed by atoms with E-state index in [2.05, 4.69) is 12.2 Å². The maximum Gasteiger partial charge on any atom is 0.227 e. The van der Waals surface area contributed by atoms with Gasteiger partial charge in [-0.3, -0.25) is 4.79 Å². The van der Waals surface area contributed by atoms with Crippen molar-refractivity contribution in [2.75, 3.05) is 0 Å². The summed E-state index contributed by atoms with van der Waals surface area (Å²) >= 11 is 0. The molecular weight excluding hydrogens is 114 g/mol. The molecule has 0 aromatic carbocycles. The molecule has 0 aromatic rings. The molecule has 2 nitrogen and oxygen atoms in total. The van der Waals surface area contributed by atoms with Crippen molar-refractivity contribution in [3.05, 3.63) is 11.8 Å². The van der Waals surface area contributed by atoms with Gasteiger partial charge in [0, 0.05) is 12.1 Å². The van der Waals surface area contributed by atoms with Crippen LogP contribution in [0.4, 0.5) is 0 Å². The first-order chi connectivity index (χ1) is 4.33. The van der Waals surface area contributed by atoms with Gasteiger partial charge in [0.2, 0.25) is 5.91 Å². The Morgan fingerprint density at radius 1 is 1.78 bits per heavy atom. The number of carbonyl (C=O) groups is 1. The maximum absolute atomic E-state index is 10.6. The zero-order valence-electron chi connectivity index (χ0n) is 5.61. The van der Waals surface area contributed by atoms with Crippen LogP contribution in [0.3, 0.4) is 0 Å². The van der Waals surface area contributed by atoms with Crippen molar-refractivity contribution >= 4 is 5.91 Å². The molecule has 50 valence electrons. The third kappa shape index (κ3) is 1.56. The quantitative estimate of drug-likeness (QED) is 0.590. The Kier molecular flexibility index (Phi) is 1.88. The lowest BCUT2D eigenvalue weighted by Gasteiger charge is -1.97. The molecule has 1 N–H and O–H groups in total. The molecule has 0 bridgehead atoms. The van der Waals surface area contributed by atoms with Gasteiger partial charge in [0.15, 0.2) is 0 Å². The van der Waals surface area contributed by atoms with Crippen molar-refractivity contribution in [2.45, 2.75) is 26.2 Å². The van der Waals surface area contributed by atoms with E-state index in [1.165, 1.54) is 0 Å². The van der Waals surface area contributed by atoms with Crippen molar-refractivity contribution in [1.82, 2.24) is 5.32 Å². The number of hydrogen-bond acceptors (Lipinski definition) is 1. The fourth-order valence-corrected chi connectivity index (χ4v) is 0.931. The standard InChI is InChI=1S/C7H11NO/c1-2-3-6-4-5-7(9)8-6/h4H,2-3,5H2,1H3,(H,8,9). The molecule has 0 radical (unpaired) electrons. The van der Waals surface area contributed by atoms with E-state index in [-0.39, 0.29) is 5.91 Å². The summed E-state index contributed by atoms with van der Waals surface area (Å²) < 4.78 is 0. The van der Waals surface area contributed by atoms with Gasteiger partial charge in [0.05, 0.1) is 0 Å². The van der Waals surface area contributed by atoms with Gasteiger partial charge < -0.3 is 5.32 Å². The monoisotopic (exact) mass is 125 g/mol. The van der Waals surface area contributed by atoms with Crippen molar-refractivity contribution in [3.8, 4) is 0 Å². The van der Waals surface area contributed by atoms with Crippen LogP contribution in [0.25, 0.3) is 0 Å². The summed E-state index contributed by atoms with van der Waals surface area (Å²) in [5.74, 6) is 0.137. The van der Waals surface area contributed by atoms with Gasteiger partial charge in [-0.05, 0) is 6.42 Å². The van der Waals surface area contributed by atoms with E-state index in [4.69, 9.17) is 0 Å². The van der Waals surface area contributed by atoms with E-state index >= 15 is 0 Å². The minimum absolute atomic E-state index is 0.137. The van der Waals surface area contributed by atoms with Gasteiger partial charge >= 0.3 is 0 Å². The summed E-state index contributed by atoms with van der Waals surface area (Å²) in [5.41, 5.74) is 1.10. The van der Waals surface area contributed by atoms with Crippen LogP contribution in [0, 0.1) is 0 Å². The zero-order chi connectivity index (χ0) is 6.69. The van der Waals surface area contributed by atoms with E-state index in [1.807, 2.05) is 6.08 Å². The molecule has 2 heteroatoms. The van der Waals surface area contributed by atoms with Crippen LogP contribution in [0.5, 0.6) is 0 Å². The van der Waals surface area contributed by atoms with Gasteiger partial charge in [-0.2, -0.15) is 0 Å². The Morgan fingerprint density at radius 2 is 2.56 bits per heavy atom. The molecular formula is C7H11NO. The lowest BCUT2D eigenvalue weighted by Crippen LogP contribution is -2.14. The second kappa shape index (κ2) is 2.67. The maximum atomic E-state index is 10.6. The van der Waals surface area contributed by atoms with E-state index in [0.717, 1.165) is 18.5 Å². The average Bonchev–Trinajstić information content (AvgIpc) is 2.17. The zero-order valence-corrected chi connectivity index (χ0v) is 5.61. The summed E-state index contributed by atoms with van der Waals surface area (Å²) in [5, 5.41) is 2.78. The minimum atomic E-state index is 0.137. The number of allylic oxidation sites excluding steroid dienone is 1. The first kappa shape index (κ1) is 6.33. The van der Waals surface area contributed by atoms with Gasteiger partial charge in [-0.1, -0.05) is 19.4 Å². The predicted molar refractivity (Wildman–Crippen MR) is 35.8 cm³/mol. The molecule has 0 atom stereocenters. The number of carbonyl (C=O) groups excluding carboxylic acids is 1. The van der Waals surface area contributed by atoms with Crippen LogP contribution in [-0.2, 0) is 4.79 Å². The minimum Gasteiger partial charge on any atom is -0.330 e. The Balaban J connectivity index is 2.36. The molecule has 0 fully saturated rings. The van der Waals surface area contributed by atoms with Crippen LogP contribution >= 0.6 is 0 Å². The SMILES string of the molecule is CCCC1=CCC(=O)N1. The van der Waals surface area contributed by atoms with Crippen molar-refractivity contribution in [2.24, 2.45) is 0 Å². The Labute approximate surface area is 54.9 Å². The molecule has 1 aliphatic rings. The molecule has 9 heavy (non-hydrogen) atoms. The van der Waals surface area contributed by atoms with Gasteiger partial charge in [0.25, 0.3) is 0 Å². The van der Waals surface area contributed by atoms with Crippen molar-refractivity contribution in [1.29, 1.82) is 0 Å². The van der Waals surface area contributed by atoms with Crippen LogP contribution in [-0.4, -0.2) is 5.91 Å². The van der Waals surface area contributed by atoms with E-state index in [1.54, 1.807) is 0 Å². The Bertz CT molecular complexity index is 149. The summed E-state index contributed by atoms with van der Waals surface area (Å²) in [4.78, 5) is 10.6. The second-order valence-corrected chi connectivity index (χ2v) is 2.23. The summed E-state index contributed by atoms with van der Waals surface area (Å²) in [6.07, 6.45) is 4.65. The number of hydrogen-bond donors (Lipinski definition) is 1. The van der Waals surface area contributed by atoms with E-state index < -0.39 is 0 Å². The lowest BCUT2D eigenvalue weighted by atomic mass is 10.2. The number of nitrogens with one attached hydrogen (secondary N) is 1. The Hall–Kier alpha value is -0.790. The molecule has 0 saturated heterocycles. The van der Waals surface area contributed by atoms with Gasteiger partial charge in [-0.15, -0.1) is 0 Å². The lowest BCUT2D eigenvalue weighted by molar-refractivity contribution is -0.118. The molecule has 0 aliphatic carbocycles. The van der Waals surface area contributed by atoms with E-state index in [9.17, 15) is 4.79 Å². The molecule has 1 amide bonds. The first-order valence-corrected chi connectivity index (χ1v) is 3.32. The largest absolute Gasteiger partial charge is 0.330 e. The van der Waals surface area contributed by atoms with Crippen LogP contribution < -0.4 is 5.32 Å². The molecule has 0 unspecified atom stereocenters. The summed E-state index contributed by atoms with van der Waals surface area (Å²) in [6.45, 7) is 2.10. The predicted octanol–water partition coefficient (Wildman–Crippen LogP) is 1.19. The fraction of sp³-hybridized carbons (Fsp3) is 0.571. The summed E-state index contributed by atoms with van der Waals surface area (Å²) in [6, 6.07) is 0. The van der Waals surface area contributed by atoms with Crippen molar-refractivity contribution < 1.29 is 4.79 Å². The third-order valence-electron chi connectivity index (χ3n) is 1.35. The average molecular weight is 125 g/mol. The smallest absolute Gasteiger partial charge is 0.227 e. The Morgan fingerprint density at radius 3 is 3.00 bits per heavy atom. The first-order valence-electron chi connectivity index (χ1n) is 3.32. The van der Waals surface area contributed by atoms with Crippen LogP contribution in [0.15, 0.2) is 11.8 Å². The number of amides is 1. The number of rotatable bonds is 2. The highest BCUT2D eigenvalue weighted by Gasteiger charge is 2.08. The molecule has 0 aromatic heterocycles. The van der Waals surface area contributed by atoms with Gasteiger partial charge in [-0.25, -0.2) is 0 Å². The molecule has 1 aliphatic heterocycles. The molecule has 0 spiro atoms. The second-order valence-electron chi connectivity index (χ2n) is 2.23. The highest BCUT2D eigenvalue weighted by molar-refractivity contribution is 5.82. The summed E-state index contributed by atoms with van der Waals surface area (Å²) in [7, 11) is 0. The molecule has 0 saturated carbocycles. The van der Waals surface area contributed by atoms with Crippen LogP contribution in [0.1, 0.15) is 26.2 Å². The normalized spacial score (nSPS) is 17.4. The van der Waals surface area contributed by atoms with Crippen LogP contribution in [0.2, 0.25) is 0 Å². The topological polar surface area (TPSA) is 29.1 Å². The van der Waals surface area contributed by atoms with Gasteiger partial charge in [0.1, 0.15) is 0 Å².